The van der Waals surface area contributed by atoms with E-state index in [2.05, 4.69) is 10.3 Å². The first-order valence-corrected chi connectivity index (χ1v) is 3.73. The van der Waals surface area contributed by atoms with Crippen LogP contribution in [-0.2, 0) is 4.79 Å². The summed E-state index contributed by atoms with van der Waals surface area (Å²) >= 11 is 0. The summed E-state index contributed by atoms with van der Waals surface area (Å²) in [5, 5.41) is 2.66. The van der Waals surface area contributed by atoms with E-state index in [-0.39, 0.29) is 5.91 Å². The zero-order valence-electron chi connectivity index (χ0n) is 7.66. The molecule has 0 bridgehead atoms. The Labute approximate surface area is 72.9 Å². The molecule has 66 valence electrons. The van der Waals surface area contributed by atoms with Gasteiger partial charge >= 0.3 is 0 Å². The smallest absolute Gasteiger partial charge is 0.221 e. The van der Waals surface area contributed by atoms with Crippen molar-refractivity contribution in [2.75, 3.05) is 7.05 Å². The molecule has 0 aliphatic carbocycles. The quantitative estimate of drug-likeness (QED) is 0.498. The van der Waals surface area contributed by atoms with E-state index in [1.807, 2.05) is 19.1 Å². The highest BCUT2D eigenvalue weighted by molar-refractivity contribution is 5.79. The zero-order valence-corrected chi connectivity index (χ0v) is 7.66. The van der Waals surface area contributed by atoms with E-state index >= 15 is 0 Å². The van der Waals surface area contributed by atoms with Crippen molar-refractivity contribution in [3.05, 3.63) is 23.9 Å². The van der Waals surface area contributed by atoms with Gasteiger partial charge in [0.1, 0.15) is 0 Å². The van der Waals surface area contributed by atoms with E-state index in [4.69, 9.17) is 0 Å². The molecule has 0 radical (unpaired) electrons. The maximum atomic E-state index is 10.7. The minimum Gasteiger partial charge on any atom is -0.326 e. The van der Waals surface area contributed by atoms with E-state index in [1.54, 1.807) is 19.3 Å². The van der Waals surface area contributed by atoms with Crippen molar-refractivity contribution in [1.29, 1.82) is 0 Å². The van der Waals surface area contributed by atoms with Crippen LogP contribution < -0.4 is 5.32 Å². The third kappa shape index (κ3) is 5.41. The van der Waals surface area contributed by atoms with E-state index < -0.39 is 0 Å². The standard InChI is InChI=1S/C9H14N2O/c1-4-5-9(6-7-10-3)11-8(2)12/h4-7H,1-3H3,(H,11,12)/b5-4-,9-6+,10-7+. The highest BCUT2D eigenvalue weighted by Gasteiger charge is 1.91. The van der Waals surface area contributed by atoms with E-state index in [9.17, 15) is 4.79 Å². The molecule has 0 atom stereocenters. The summed E-state index contributed by atoms with van der Waals surface area (Å²) < 4.78 is 0. The predicted molar refractivity (Wildman–Crippen MR) is 51.1 cm³/mol. The largest absolute Gasteiger partial charge is 0.326 e. The molecule has 1 amide bonds. The van der Waals surface area contributed by atoms with Crippen LogP contribution in [0, 0.1) is 0 Å². The first kappa shape index (κ1) is 10.6. The normalized spacial score (nSPS) is 12.8. The molecule has 0 rings (SSSR count). The number of nitrogens with one attached hydrogen (secondary N) is 1. The second kappa shape index (κ2) is 6.34. The fourth-order valence-electron chi connectivity index (χ4n) is 0.677. The van der Waals surface area contributed by atoms with Crippen molar-refractivity contribution in [1.82, 2.24) is 5.32 Å². The van der Waals surface area contributed by atoms with Crippen LogP contribution in [0.4, 0.5) is 0 Å². The summed E-state index contributed by atoms with van der Waals surface area (Å²) in [6.07, 6.45) is 7.03. The maximum Gasteiger partial charge on any atom is 0.221 e. The Morgan fingerprint density at radius 2 is 2.17 bits per heavy atom. The van der Waals surface area contributed by atoms with Gasteiger partial charge < -0.3 is 5.32 Å². The van der Waals surface area contributed by atoms with Crippen molar-refractivity contribution in [3.63, 3.8) is 0 Å². The van der Waals surface area contributed by atoms with Gasteiger partial charge in [-0.15, -0.1) is 0 Å². The molecule has 0 aliphatic rings. The highest BCUT2D eigenvalue weighted by atomic mass is 16.1. The summed E-state index contributed by atoms with van der Waals surface area (Å²) in [5.74, 6) is -0.0798. The molecular weight excluding hydrogens is 152 g/mol. The summed E-state index contributed by atoms with van der Waals surface area (Å²) in [5.41, 5.74) is 0.746. The Hall–Kier alpha value is -1.38. The van der Waals surface area contributed by atoms with Crippen LogP contribution in [0.15, 0.2) is 28.9 Å². The number of amides is 1. The van der Waals surface area contributed by atoms with Crippen LogP contribution >= 0.6 is 0 Å². The topological polar surface area (TPSA) is 41.5 Å². The Morgan fingerprint density at radius 3 is 2.58 bits per heavy atom. The van der Waals surface area contributed by atoms with Crippen LogP contribution in [0.1, 0.15) is 13.8 Å². The molecule has 0 aromatic rings. The third-order valence-electron chi connectivity index (χ3n) is 1.07. The van der Waals surface area contributed by atoms with Crippen molar-refractivity contribution in [3.8, 4) is 0 Å². The number of carbonyl (C=O) groups excluding carboxylic acids is 1. The van der Waals surface area contributed by atoms with Crippen LogP contribution in [0.25, 0.3) is 0 Å². The average molecular weight is 166 g/mol. The van der Waals surface area contributed by atoms with E-state index in [0.717, 1.165) is 5.70 Å². The third-order valence-corrected chi connectivity index (χ3v) is 1.07. The average Bonchev–Trinajstić information content (AvgIpc) is 2.00. The second-order valence-corrected chi connectivity index (χ2v) is 2.21. The van der Waals surface area contributed by atoms with Crippen LogP contribution in [0.5, 0.6) is 0 Å². The molecule has 12 heavy (non-hydrogen) atoms. The fraction of sp³-hybridized carbons (Fsp3) is 0.333. The van der Waals surface area contributed by atoms with Crippen LogP contribution in [0.3, 0.4) is 0 Å². The van der Waals surface area contributed by atoms with Gasteiger partial charge in [0, 0.05) is 25.9 Å². The number of aliphatic imine (C=N–C) groups is 1. The lowest BCUT2D eigenvalue weighted by Gasteiger charge is -1.99. The van der Waals surface area contributed by atoms with Gasteiger partial charge in [0.15, 0.2) is 0 Å². The summed E-state index contributed by atoms with van der Waals surface area (Å²) in [6, 6.07) is 0. The molecule has 0 spiro atoms. The van der Waals surface area contributed by atoms with Crippen molar-refractivity contribution in [2.45, 2.75) is 13.8 Å². The summed E-state index contributed by atoms with van der Waals surface area (Å²) in [6.45, 7) is 3.36. The number of carbonyl (C=O) groups is 1. The molecule has 3 nitrogen and oxygen atoms in total. The number of rotatable bonds is 3. The minimum absolute atomic E-state index is 0.0798. The lowest BCUT2D eigenvalue weighted by atomic mass is 10.3. The molecule has 0 unspecified atom stereocenters. The molecule has 1 N–H and O–H groups in total. The fourth-order valence-corrected chi connectivity index (χ4v) is 0.677. The SMILES string of the molecule is C\C=C/C(=C\C=N\C)NC(C)=O. The van der Waals surface area contributed by atoms with E-state index in [1.165, 1.54) is 6.92 Å². The first-order valence-electron chi connectivity index (χ1n) is 3.73. The Kier molecular flexibility index (Phi) is 5.61. The lowest BCUT2D eigenvalue weighted by molar-refractivity contribution is -0.118. The van der Waals surface area contributed by atoms with Gasteiger partial charge in [-0.1, -0.05) is 6.08 Å². The van der Waals surface area contributed by atoms with Gasteiger partial charge in [-0.05, 0) is 19.1 Å². The van der Waals surface area contributed by atoms with Crippen molar-refractivity contribution >= 4 is 12.1 Å². The second-order valence-electron chi connectivity index (χ2n) is 2.21. The molecule has 0 aromatic heterocycles. The van der Waals surface area contributed by atoms with Gasteiger partial charge in [0.05, 0.1) is 0 Å². The predicted octanol–water partition coefficient (Wildman–Crippen LogP) is 1.28. The molecule has 0 saturated heterocycles. The Bertz CT molecular complexity index is 227. The van der Waals surface area contributed by atoms with Gasteiger partial charge in [-0.25, -0.2) is 0 Å². The number of hydrogen-bond acceptors (Lipinski definition) is 2. The molecule has 3 heteroatoms. The highest BCUT2D eigenvalue weighted by Crippen LogP contribution is 1.89. The van der Waals surface area contributed by atoms with Crippen molar-refractivity contribution < 1.29 is 4.79 Å². The zero-order chi connectivity index (χ0) is 9.40. The lowest BCUT2D eigenvalue weighted by Crippen LogP contribution is -2.17. The molecule has 0 aromatic carbocycles. The molecule has 0 fully saturated rings. The van der Waals surface area contributed by atoms with Crippen LogP contribution in [-0.4, -0.2) is 19.2 Å². The van der Waals surface area contributed by atoms with Gasteiger partial charge in [0.25, 0.3) is 0 Å². The minimum atomic E-state index is -0.0798. The maximum absolute atomic E-state index is 10.7. The Morgan fingerprint density at radius 1 is 1.50 bits per heavy atom. The Balaban J connectivity index is 4.32. The summed E-state index contributed by atoms with van der Waals surface area (Å²) in [7, 11) is 1.68. The van der Waals surface area contributed by atoms with Gasteiger partial charge in [0.2, 0.25) is 5.91 Å². The first-order chi connectivity index (χ1) is 5.70. The van der Waals surface area contributed by atoms with Crippen LogP contribution in [0.2, 0.25) is 0 Å². The van der Waals surface area contributed by atoms with Gasteiger partial charge in [-0.3, -0.25) is 9.79 Å². The van der Waals surface area contributed by atoms with E-state index in [0.29, 0.717) is 0 Å². The number of hydrogen-bond donors (Lipinski definition) is 1. The monoisotopic (exact) mass is 166 g/mol. The van der Waals surface area contributed by atoms with Gasteiger partial charge in [-0.2, -0.15) is 0 Å². The molecule has 0 aliphatic heterocycles. The molecule has 0 heterocycles. The molecule has 0 saturated carbocycles. The molecular formula is C9H14N2O. The number of allylic oxidation sites excluding steroid dienone is 3. The summed E-state index contributed by atoms with van der Waals surface area (Å²) in [4.78, 5) is 14.4. The number of nitrogens with zero attached hydrogens (tertiary/aromatic N) is 1. The van der Waals surface area contributed by atoms with Crippen molar-refractivity contribution in [2.24, 2.45) is 4.99 Å².